The molecule has 1 aliphatic rings. The van der Waals surface area contributed by atoms with Gasteiger partial charge in [0.2, 0.25) is 10.0 Å². The first-order chi connectivity index (χ1) is 15.6. The van der Waals surface area contributed by atoms with Crippen LogP contribution in [0.5, 0.6) is 0 Å². The zero-order chi connectivity index (χ0) is 24.2. The highest BCUT2D eigenvalue weighted by molar-refractivity contribution is 7.89. The van der Waals surface area contributed by atoms with E-state index < -0.39 is 39.1 Å². The molecule has 11 nitrogen and oxygen atoms in total. The zero-order valence-corrected chi connectivity index (χ0v) is 19.0. The number of halogens is 1. The van der Waals surface area contributed by atoms with Gasteiger partial charge in [0.25, 0.3) is 11.6 Å². The lowest BCUT2D eigenvalue weighted by molar-refractivity contribution is -0.385. The molecule has 0 aromatic heterocycles. The number of nitro benzene ring substituents is 1. The molecule has 2 aromatic carbocycles. The van der Waals surface area contributed by atoms with Gasteiger partial charge in [-0.2, -0.15) is 4.31 Å². The van der Waals surface area contributed by atoms with E-state index in [1.165, 1.54) is 47.6 Å². The van der Waals surface area contributed by atoms with Gasteiger partial charge >= 0.3 is 5.97 Å². The van der Waals surface area contributed by atoms with Crippen LogP contribution >= 0.6 is 11.6 Å². The molecule has 1 fully saturated rings. The number of anilines is 1. The van der Waals surface area contributed by atoms with Crippen molar-refractivity contribution in [3.05, 3.63) is 62.7 Å². The third kappa shape index (κ3) is 5.66. The highest BCUT2D eigenvalue weighted by Gasteiger charge is 2.27. The first-order valence-corrected chi connectivity index (χ1v) is 11.5. The van der Waals surface area contributed by atoms with Gasteiger partial charge in [0.1, 0.15) is 5.56 Å². The number of amides is 1. The monoisotopic (exact) mass is 497 g/mol. The molecular formula is C20H20ClN3O8S. The van der Waals surface area contributed by atoms with Gasteiger partial charge in [-0.3, -0.25) is 14.9 Å². The van der Waals surface area contributed by atoms with E-state index in [-0.39, 0.29) is 53.0 Å². The van der Waals surface area contributed by atoms with Gasteiger partial charge in [-0.1, -0.05) is 23.7 Å². The van der Waals surface area contributed by atoms with Crippen molar-refractivity contribution in [1.82, 2.24) is 4.31 Å². The van der Waals surface area contributed by atoms with E-state index in [4.69, 9.17) is 21.1 Å². The molecule has 0 atom stereocenters. The van der Waals surface area contributed by atoms with Crippen LogP contribution in [0.1, 0.15) is 15.9 Å². The summed E-state index contributed by atoms with van der Waals surface area (Å²) >= 11 is 6.08. The Balaban J connectivity index is 1.70. The quantitative estimate of drug-likeness (QED) is 0.348. The molecule has 1 aliphatic heterocycles. The second kappa shape index (κ2) is 10.3. The Bertz CT molecular complexity index is 1200. The molecular weight excluding hydrogens is 478 g/mol. The fourth-order valence-corrected chi connectivity index (χ4v) is 4.76. The van der Waals surface area contributed by atoms with Crippen LogP contribution in [0.3, 0.4) is 0 Å². The van der Waals surface area contributed by atoms with Crippen LogP contribution < -0.4 is 5.32 Å². The van der Waals surface area contributed by atoms with Crippen molar-refractivity contribution in [1.29, 1.82) is 0 Å². The molecule has 2 aromatic rings. The number of morpholine rings is 1. The van der Waals surface area contributed by atoms with Crippen molar-refractivity contribution in [3.63, 3.8) is 0 Å². The minimum atomic E-state index is -3.82. The number of nitro groups is 1. The van der Waals surface area contributed by atoms with Crippen LogP contribution in [0.4, 0.5) is 11.4 Å². The lowest BCUT2D eigenvalue weighted by Gasteiger charge is -2.26. The number of hydrogen-bond donors (Lipinski definition) is 1. The molecule has 13 heteroatoms. The molecule has 0 bridgehead atoms. The van der Waals surface area contributed by atoms with Gasteiger partial charge in [-0.05, 0) is 31.2 Å². The lowest BCUT2D eigenvalue weighted by Crippen LogP contribution is -2.40. The van der Waals surface area contributed by atoms with E-state index in [2.05, 4.69) is 5.32 Å². The number of aryl methyl sites for hydroxylation is 1. The first kappa shape index (κ1) is 24.6. The standard InChI is InChI=1S/C20H20ClN3O8S/c1-13-3-2-4-15(19(13)24(27)28)20(26)32-12-18(25)22-17-11-14(5-6-16(17)21)33(29,30)23-7-9-31-10-8-23/h2-6,11H,7-10,12H2,1H3,(H,22,25). The number of nitrogens with one attached hydrogen (secondary N) is 1. The fraction of sp³-hybridized carbons (Fsp3) is 0.300. The number of sulfonamides is 1. The Morgan fingerprint density at radius 1 is 1.24 bits per heavy atom. The molecule has 0 unspecified atom stereocenters. The third-order valence-corrected chi connectivity index (χ3v) is 7.02. The zero-order valence-electron chi connectivity index (χ0n) is 17.4. The van der Waals surface area contributed by atoms with Crippen molar-refractivity contribution in [2.45, 2.75) is 11.8 Å². The van der Waals surface area contributed by atoms with Crippen LogP contribution in [-0.4, -0.2) is 62.4 Å². The molecule has 1 N–H and O–H groups in total. The summed E-state index contributed by atoms with van der Waals surface area (Å²) in [6.07, 6.45) is 0. The van der Waals surface area contributed by atoms with Gasteiger partial charge < -0.3 is 14.8 Å². The summed E-state index contributed by atoms with van der Waals surface area (Å²) in [7, 11) is -3.82. The SMILES string of the molecule is Cc1cccc(C(=O)OCC(=O)Nc2cc(S(=O)(=O)N3CCOCC3)ccc2Cl)c1[N+](=O)[O-]. The Kier molecular flexibility index (Phi) is 7.64. The summed E-state index contributed by atoms with van der Waals surface area (Å²) in [4.78, 5) is 35.0. The number of para-hydroxylation sites is 1. The van der Waals surface area contributed by atoms with Crippen LogP contribution in [0.15, 0.2) is 41.3 Å². The number of benzene rings is 2. The van der Waals surface area contributed by atoms with E-state index in [0.717, 1.165) is 0 Å². The minimum absolute atomic E-state index is 0.00795. The maximum Gasteiger partial charge on any atom is 0.345 e. The van der Waals surface area contributed by atoms with Crippen molar-refractivity contribution in [2.24, 2.45) is 0 Å². The maximum absolute atomic E-state index is 12.8. The Morgan fingerprint density at radius 3 is 2.61 bits per heavy atom. The molecule has 33 heavy (non-hydrogen) atoms. The highest BCUT2D eigenvalue weighted by atomic mass is 35.5. The third-order valence-electron chi connectivity index (χ3n) is 4.79. The second-order valence-corrected chi connectivity index (χ2v) is 9.36. The molecule has 1 amide bonds. The smallest absolute Gasteiger partial charge is 0.345 e. The summed E-state index contributed by atoms with van der Waals surface area (Å²) in [5.74, 6) is -1.85. The number of nitrogens with zero attached hydrogens (tertiary/aromatic N) is 2. The summed E-state index contributed by atoms with van der Waals surface area (Å²) in [5, 5.41) is 13.7. The molecule has 3 rings (SSSR count). The van der Waals surface area contributed by atoms with E-state index in [9.17, 15) is 28.1 Å². The largest absolute Gasteiger partial charge is 0.452 e. The molecule has 176 valence electrons. The second-order valence-electron chi connectivity index (χ2n) is 7.01. The van der Waals surface area contributed by atoms with E-state index >= 15 is 0 Å². The van der Waals surface area contributed by atoms with E-state index in [1.807, 2.05) is 0 Å². The molecule has 0 radical (unpaired) electrons. The van der Waals surface area contributed by atoms with Crippen LogP contribution in [-0.2, 0) is 24.3 Å². The van der Waals surface area contributed by atoms with Crippen molar-refractivity contribution in [2.75, 3.05) is 38.2 Å². The Hall–Kier alpha value is -3.06. The van der Waals surface area contributed by atoms with Gasteiger partial charge in [-0.15, -0.1) is 0 Å². The number of esters is 1. The predicted octanol–water partition coefficient (Wildman–Crippen LogP) is 2.37. The number of carbonyl (C=O) groups excluding carboxylic acids is 2. The molecule has 0 aliphatic carbocycles. The van der Waals surface area contributed by atoms with Gasteiger partial charge in [-0.25, -0.2) is 13.2 Å². The Labute approximate surface area is 194 Å². The first-order valence-electron chi connectivity index (χ1n) is 9.69. The van der Waals surface area contributed by atoms with Crippen molar-refractivity contribution >= 4 is 44.9 Å². The van der Waals surface area contributed by atoms with Gasteiger partial charge in [0.15, 0.2) is 6.61 Å². The normalized spacial score (nSPS) is 14.5. The van der Waals surface area contributed by atoms with Crippen LogP contribution in [0.2, 0.25) is 5.02 Å². The predicted molar refractivity (Wildman–Crippen MR) is 118 cm³/mol. The van der Waals surface area contributed by atoms with Crippen LogP contribution in [0.25, 0.3) is 0 Å². The summed E-state index contributed by atoms with van der Waals surface area (Å²) in [6.45, 7) is 1.67. The van der Waals surface area contributed by atoms with Crippen molar-refractivity contribution < 1.29 is 32.4 Å². The van der Waals surface area contributed by atoms with E-state index in [0.29, 0.717) is 0 Å². The van der Waals surface area contributed by atoms with Crippen LogP contribution in [0, 0.1) is 17.0 Å². The molecule has 1 saturated heterocycles. The van der Waals surface area contributed by atoms with E-state index in [1.54, 1.807) is 0 Å². The number of ether oxygens (including phenoxy) is 2. The molecule has 0 spiro atoms. The topological polar surface area (TPSA) is 145 Å². The summed E-state index contributed by atoms with van der Waals surface area (Å²) in [6, 6.07) is 8.01. The fourth-order valence-electron chi connectivity index (χ4n) is 3.16. The highest BCUT2D eigenvalue weighted by Crippen LogP contribution is 2.28. The lowest BCUT2D eigenvalue weighted by atomic mass is 10.1. The molecule has 0 saturated carbocycles. The maximum atomic E-state index is 12.8. The average molecular weight is 498 g/mol. The Morgan fingerprint density at radius 2 is 1.94 bits per heavy atom. The molecule has 1 heterocycles. The number of carbonyl (C=O) groups is 2. The number of hydrogen-bond acceptors (Lipinski definition) is 8. The number of rotatable bonds is 7. The average Bonchev–Trinajstić information content (AvgIpc) is 2.79. The van der Waals surface area contributed by atoms with Gasteiger partial charge in [0.05, 0.1) is 33.7 Å². The summed E-state index contributed by atoms with van der Waals surface area (Å²) < 4.78 is 37.0. The summed E-state index contributed by atoms with van der Waals surface area (Å²) in [5.41, 5.74) is -0.422. The van der Waals surface area contributed by atoms with Gasteiger partial charge in [0, 0.05) is 18.7 Å². The minimum Gasteiger partial charge on any atom is -0.452 e. The van der Waals surface area contributed by atoms with Crippen molar-refractivity contribution in [3.8, 4) is 0 Å².